The van der Waals surface area contributed by atoms with E-state index in [1.807, 2.05) is 0 Å². The van der Waals surface area contributed by atoms with E-state index in [9.17, 15) is 4.79 Å². The highest BCUT2D eigenvalue weighted by Crippen LogP contribution is 2.30. The number of carbonyl (C=O) groups excluding carboxylic acids is 1. The molecule has 0 aromatic heterocycles. The zero-order valence-electron chi connectivity index (χ0n) is 10.3. The zero-order valence-corrected chi connectivity index (χ0v) is 11.1. The Morgan fingerprint density at radius 1 is 1.31 bits per heavy atom. The smallest absolute Gasteiger partial charge is 0.227 e. The van der Waals surface area contributed by atoms with Crippen LogP contribution in [0.2, 0.25) is 0 Å². The van der Waals surface area contributed by atoms with Crippen LogP contribution in [-0.2, 0) is 4.79 Å². The average molecular weight is 247 g/mol. The monoisotopic (exact) mass is 246 g/mol. The van der Waals surface area contributed by atoms with Crippen LogP contribution in [0.4, 0.5) is 0 Å². The van der Waals surface area contributed by atoms with E-state index in [1.54, 1.807) is 0 Å². The lowest BCUT2D eigenvalue weighted by Gasteiger charge is -2.37. The van der Waals surface area contributed by atoms with Crippen molar-refractivity contribution in [2.75, 3.05) is 26.2 Å². The molecule has 0 aromatic carbocycles. The Morgan fingerprint density at radius 3 is 2.44 bits per heavy atom. The molecule has 1 amide bonds. The summed E-state index contributed by atoms with van der Waals surface area (Å²) in [6.07, 6.45) is 3.33. The lowest BCUT2D eigenvalue weighted by atomic mass is 9.82. The number of piperidine rings is 1. The van der Waals surface area contributed by atoms with Gasteiger partial charge in [-0.05, 0) is 31.2 Å². The molecule has 2 aliphatic heterocycles. The maximum absolute atomic E-state index is 12.1. The van der Waals surface area contributed by atoms with Gasteiger partial charge in [0.05, 0.1) is 5.92 Å². The molecule has 2 fully saturated rings. The number of hydrogen-bond donors (Lipinski definition) is 1. The van der Waals surface area contributed by atoms with Gasteiger partial charge in [-0.25, -0.2) is 0 Å². The standard InChI is InChI=1S/C12H22N2O.ClH/c1-12(2)4-7-14(8-5-12)11(15)10-3-6-13-9-10;/h10,13H,3-9H2,1-2H3;1H. The van der Waals surface area contributed by atoms with Crippen molar-refractivity contribution < 1.29 is 4.79 Å². The van der Waals surface area contributed by atoms with E-state index in [0.717, 1.165) is 45.4 Å². The van der Waals surface area contributed by atoms with Crippen LogP contribution in [0.15, 0.2) is 0 Å². The minimum atomic E-state index is 0. The molecule has 4 heteroatoms. The van der Waals surface area contributed by atoms with Gasteiger partial charge in [-0.3, -0.25) is 4.79 Å². The number of hydrogen-bond acceptors (Lipinski definition) is 2. The van der Waals surface area contributed by atoms with E-state index >= 15 is 0 Å². The fraction of sp³-hybridized carbons (Fsp3) is 0.917. The van der Waals surface area contributed by atoms with E-state index in [1.165, 1.54) is 0 Å². The molecule has 2 saturated heterocycles. The minimum absolute atomic E-state index is 0. The van der Waals surface area contributed by atoms with Gasteiger partial charge in [-0.2, -0.15) is 0 Å². The Balaban J connectivity index is 0.00000128. The molecule has 1 atom stereocenters. The summed E-state index contributed by atoms with van der Waals surface area (Å²) < 4.78 is 0. The molecule has 1 unspecified atom stereocenters. The van der Waals surface area contributed by atoms with Gasteiger partial charge in [0.1, 0.15) is 0 Å². The third kappa shape index (κ3) is 3.11. The second-order valence-corrected chi connectivity index (χ2v) is 5.68. The molecule has 2 aliphatic rings. The predicted octanol–water partition coefficient (Wildman–Crippen LogP) is 1.67. The van der Waals surface area contributed by atoms with Crippen molar-refractivity contribution in [1.29, 1.82) is 0 Å². The summed E-state index contributed by atoms with van der Waals surface area (Å²) in [5.41, 5.74) is 0.435. The third-order valence-electron chi connectivity index (χ3n) is 3.84. The van der Waals surface area contributed by atoms with Crippen molar-refractivity contribution in [3.63, 3.8) is 0 Å². The number of amides is 1. The number of nitrogens with zero attached hydrogens (tertiary/aromatic N) is 1. The topological polar surface area (TPSA) is 32.3 Å². The second kappa shape index (κ2) is 5.37. The first kappa shape index (κ1) is 13.8. The van der Waals surface area contributed by atoms with E-state index in [2.05, 4.69) is 24.1 Å². The molecule has 0 radical (unpaired) electrons. The maximum Gasteiger partial charge on any atom is 0.227 e. The molecule has 0 aromatic rings. The van der Waals surface area contributed by atoms with Crippen LogP contribution in [0.25, 0.3) is 0 Å². The molecule has 2 heterocycles. The molecule has 1 N–H and O–H groups in total. The van der Waals surface area contributed by atoms with Crippen molar-refractivity contribution in [1.82, 2.24) is 10.2 Å². The van der Waals surface area contributed by atoms with E-state index in [-0.39, 0.29) is 18.3 Å². The van der Waals surface area contributed by atoms with Crippen LogP contribution < -0.4 is 5.32 Å². The van der Waals surface area contributed by atoms with Gasteiger partial charge in [0, 0.05) is 19.6 Å². The predicted molar refractivity (Wildman–Crippen MR) is 67.8 cm³/mol. The first-order valence-corrected chi connectivity index (χ1v) is 6.08. The highest BCUT2D eigenvalue weighted by Gasteiger charge is 2.32. The van der Waals surface area contributed by atoms with Gasteiger partial charge in [-0.15, -0.1) is 12.4 Å². The Hall–Kier alpha value is -0.280. The Morgan fingerprint density at radius 2 is 1.94 bits per heavy atom. The van der Waals surface area contributed by atoms with Gasteiger partial charge in [0.2, 0.25) is 5.91 Å². The van der Waals surface area contributed by atoms with E-state index in [4.69, 9.17) is 0 Å². The lowest BCUT2D eigenvalue weighted by molar-refractivity contribution is -0.136. The second-order valence-electron chi connectivity index (χ2n) is 5.68. The number of nitrogens with one attached hydrogen (secondary N) is 1. The Bertz CT molecular complexity index is 239. The van der Waals surface area contributed by atoms with Crippen molar-refractivity contribution in [2.45, 2.75) is 33.1 Å². The highest BCUT2D eigenvalue weighted by atomic mass is 35.5. The van der Waals surface area contributed by atoms with Crippen molar-refractivity contribution in [2.24, 2.45) is 11.3 Å². The van der Waals surface area contributed by atoms with Gasteiger partial charge < -0.3 is 10.2 Å². The maximum atomic E-state index is 12.1. The summed E-state index contributed by atoms with van der Waals surface area (Å²) in [4.78, 5) is 14.2. The van der Waals surface area contributed by atoms with Gasteiger partial charge in [0.15, 0.2) is 0 Å². The normalized spacial score (nSPS) is 28.6. The molecule has 94 valence electrons. The lowest BCUT2D eigenvalue weighted by Crippen LogP contribution is -2.44. The average Bonchev–Trinajstić information content (AvgIpc) is 2.69. The van der Waals surface area contributed by atoms with Gasteiger partial charge in [-0.1, -0.05) is 13.8 Å². The number of rotatable bonds is 1. The molecule has 0 bridgehead atoms. The molecule has 0 spiro atoms. The van der Waals surface area contributed by atoms with Crippen molar-refractivity contribution >= 4 is 18.3 Å². The van der Waals surface area contributed by atoms with Crippen LogP contribution >= 0.6 is 12.4 Å². The van der Waals surface area contributed by atoms with Crippen LogP contribution in [0, 0.1) is 11.3 Å². The molecular weight excluding hydrogens is 224 g/mol. The summed E-state index contributed by atoms with van der Waals surface area (Å²) in [5.74, 6) is 0.640. The SMILES string of the molecule is CC1(C)CCN(C(=O)C2CCNC2)CC1.Cl. The Labute approximate surface area is 104 Å². The largest absolute Gasteiger partial charge is 0.342 e. The van der Waals surface area contributed by atoms with Gasteiger partial charge in [0.25, 0.3) is 0 Å². The molecule has 16 heavy (non-hydrogen) atoms. The first-order chi connectivity index (χ1) is 7.08. The van der Waals surface area contributed by atoms with Crippen LogP contribution in [-0.4, -0.2) is 37.0 Å². The van der Waals surface area contributed by atoms with Crippen molar-refractivity contribution in [3.05, 3.63) is 0 Å². The Kier molecular flexibility index (Phi) is 4.62. The fourth-order valence-corrected chi connectivity index (χ4v) is 2.46. The van der Waals surface area contributed by atoms with Gasteiger partial charge >= 0.3 is 0 Å². The fourth-order valence-electron chi connectivity index (χ4n) is 2.46. The minimum Gasteiger partial charge on any atom is -0.342 e. The number of carbonyl (C=O) groups is 1. The van der Waals surface area contributed by atoms with Crippen molar-refractivity contribution in [3.8, 4) is 0 Å². The first-order valence-electron chi connectivity index (χ1n) is 6.08. The quantitative estimate of drug-likeness (QED) is 0.764. The summed E-state index contributed by atoms with van der Waals surface area (Å²) >= 11 is 0. The van der Waals surface area contributed by atoms with Crippen LogP contribution in [0.5, 0.6) is 0 Å². The summed E-state index contributed by atoms with van der Waals surface area (Å²) in [7, 11) is 0. The molecule has 3 nitrogen and oxygen atoms in total. The molecular formula is C12H23ClN2O. The van der Waals surface area contributed by atoms with Crippen LogP contribution in [0.3, 0.4) is 0 Å². The summed E-state index contributed by atoms with van der Waals surface area (Å²) in [6, 6.07) is 0. The molecule has 0 saturated carbocycles. The summed E-state index contributed by atoms with van der Waals surface area (Å²) in [6.45, 7) is 8.41. The molecule has 0 aliphatic carbocycles. The van der Waals surface area contributed by atoms with E-state index in [0.29, 0.717) is 11.3 Å². The van der Waals surface area contributed by atoms with Crippen LogP contribution in [0.1, 0.15) is 33.1 Å². The zero-order chi connectivity index (χ0) is 10.9. The summed E-state index contributed by atoms with van der Waals surface area (Å²) in [5, 5.41) is 3.26. The van der Waals surface area contributed by atoms with E-state index < -0.39 is 0 Å². The molecule has 2 rings (SSSR count). The number of halogens is 1. The number of likely N-dealkylation sites (tertiary alicyclic amines) is 1. The third-order valence-corrected chi connectivity index (χ3v) is 3.84. The highest BCUT2D eigenvalue weighted by molar-refractivity contribution is 5.85.